The first kappa shape index (κ1) is 16.1. The molecule has 128 valence electrons. The van der Waals surface area contributed by atoms with Crippen LogP contribution >= 0.6 is 0 Å². The van der Waals surface area contributed by atoms with Gasteiger partial charge in [-0.05, 0) is 36.6 Å². The number of fused-ring (bicyclic) bond motifs is 1. The minimum absolute atomic E-state index is 0.0296. The van der Waals surface area contributed by atoms with E-state index in [-0.39, 0.29) is 11.5 Å². The first-order valence-corrected chi connectivity index (χ1v) is 9.13. The van der Waals surface area contributed by atoms with Gasteiger partial charge in [-0.25, -0.2) is 0 Å². The smallest absolute Gasteiger partial charge is 0.161 e. The number of carbonyl (C=O) groups excluding carboxylic acids is 1. The molecule has 1 aliphatic heterocycles. The van der Waals surface area contributed by atoms with Crippen molar-refractivity contribution in [3.63, 3.8) is 0 Å². The molecule has 2 heteroatoms. The molecule has 0 spiro atoms. The zero-order valence-corrected chi connectivity index (χ0v) is 15.3. The number of aryl methyl sites for hydroxylation is 1. The van der Waals surface area contributed by atoms with E-state index in [0.29, 0.717) is 12.2 Å². The molecule has 25 heavy (non-hydrogen) atoms. The average molecular weight is 331 g/mol. The number of nitrogens with zero attached hydrogens (tertiary/aromatic N) is 1. The van der Waals surface area contributed by atoms with E-state index in [9.17, 15) is 4.79 Å². The van der Waals surface area contributed by atoms with Gasteiger partial charge in [-0.15, -0.1) is 0 Å². The van der Waals surface area contributed by atoms with Crippen molar-refractivity contribution in [1.82, 2.24) is 0 Å². The predicted octanol–water partition coefficient (Wildman–Crippen LogP) is 5.12. The van der Waals surface area contributed by atoms with Crippen LogP contribution in [0.5, 0.6) is 0 Å². The summed E-state index contributed by atoms with van der Waals surface area (Å²) < 4.78 is 0. The molecule has 2 aromatic rings. The highest BCUT2D eigenvalue weighted by Crippen LogP contribution is 2.46. The van der Waals surface area contributed by atoms with E-state index in [1.54, 1.807) is 0 Å². The summed E-state index contributed by atoms with van der Waals surface area (Å²) in [5.74, 6) is 0.302. The van der Waals surface area contributed by atoms with Crippen LogP contribution in [0.3, 0.4) is 0 Å². The van der Waals surface area contributed by atoms with Crippen molar-refractivity contribution in [2.45, 2.75) is 45.1 Å². The van der Waals surface area contributed by atoms with Gasteiger partial charge in [0, 0.05) is 29.6 Å². The van der Waals surface area contributed by atoms with Crippen LogP contribution in [0.1, 0.15) is 49.4 Å². The van der Waals surface area contributed by atoms with E-state index in [1.807, 2.05) is 0 Å². The Balaban J connectivity index is 1.90. The van der Waals surface area contributed by atoms with Gasteiger partial charge in [0.15, 0.2) is 5.78 Å². The molecule has 4 rings (SSSR count). The van der Waals surface area contributed by atoms with Crippen molar-refractivity contribution in [3.8, 4) is 0 Å². The monoisotopic (exact) mass is 331 g/mol. The maximum atomic E-state index is 12.6. The fourth-order valence-electron chi connectivity index (χ4n) is 4.32. The number of rotatable bonds is 2. The normalized spacial score (nSPS) is 21.9. The number of benzene rings is 2. The van der Waals surface area contributed by atoms with Crippen molar-refractivity contribution in [1.29, 1.82) is 0 Å². The van der Waals surface area contributed by atoms with Gasteiger partial charge in [-0.1, -0.05) is 61.9 Å². The lowest BCUT2D eigenvalue weighted by Crippen LogP contribution is -2.46. The summed E-state index contributed by atoms with van der Waals surface area (Å²) in [6.07, 6.45) is 3.68. The molecule has 1 atom stereocenters. The van der Waals surface area contributed by atoms with Crippen molar-refractivity contribution in [3.05, 3.63) is 76.9 Å². The lowest BCUT2D eigenvalue weighted by Gasteiger charge is -2.47. The number of anilines is 1. The minimum atomic E-state index is 0.0296. The fourth-order valence-corrected chi connectivity index (χ4v) is 4.32. The second-order valence-corrected chi connectivity index (χ2v) is 7.96. The molecule has 1 heterocycles. The average Bonchev–Trinajstić information content (AvgIpc) is 3.01. The maximum absolute atomic E-state index is 12.6. The Morgan fingerprint density at radius 3 is 2.44 bits per heavy atom. The molecule has 0 amide bonds. The number of allylic oxidation sites excluding steroid dienone is 1. The van der Waals surface area contributed by atoms with E-state index in [0.717, 1.165) is 18.5 Å². The molecular formula is C23H25NO. The summed E-state index contributed by atoms with van der Waals surface area (Å²) in [5, 5.41) is 0. The molecule has 0 N–H and O–H groups in total. The van der Waals surface area contributed by atoms with Crippen LogP contribution in [0.2, 0.25) is 0 Å². The van der Waals surface area contributed by atoms with Gasteiger partial charge < -0.3 is 4.90 Å². The molecule has 0 saturated heterocycles. The van der Waals surface area contributed by atoms with Crippen LogP contribution in [0.25, 0.3) is 0 Å². The lowest BCUT2D eigenvalue weighted by molar-refractivity contribution is -0.115. The second kappa shape index (κ2) is 5.87. The third-order valence-electron chi connectivity index (χ3n) is 5.58. The first-order chi connectivity index (χ1) is 12.0. The van der Waals surface area contributed by atoms with Gasteiger partial charge in [0.25, 0.3) is 0 Å². The molecule has 2 aliphatic rings. The standard InChI is InChI=1S/C23H25NO/c1-16-11-13-17(14-12-16)24-15-23(2,3)20-9-5-4-7-18(20)22(24)19-8-6-10-21(19)25/h4-5,7-9,11-14,22H,6,10,15H2,1-3H3/t22-/m0/s1. The summed E-state index contributed by atoms with van der Waals surface area (Å²) in [4.78, 5) is 15.0. The summed E-state index contributed by atoms with van der Waals surface area (Å²) in [6.45, 7) is 7.62. The van der Waals surface area contributed by atoms with Crippen LogP contribution in [-0.4, -0.2) is 12.3 Å². The lowest BCUT2D eigenvalue weighted by atomic mass is 9.74. The number of hydrogen-bond donors (Lipinski definition) is 0. The third kappa shape index (κ3) is 2.70. The molecular weight excluding hydrogens is 306 g/mol. The molecule has 1 aliphatic carbocycles. The van der Waals surface area contributed by atoms with Crippen LogP contribution in [0.15, 0.2) is 60.2 Å². The largest absolute Gasteiger partial charge is 0.359 e. The van der Waals surface area contributed by atoms with Crippen LogP contribution in [-0.2, 0) is 10.2 Å². The SMILES string of the molecule is Cc1ccc(N2CC(C)(C)c3ccccc3[C@H]2C2=CCCC2=O)cc1. The van der Waals surface area contributed by atoms with E-state index < -0.39 is 0 Å². The molecule has 0 unspecified atom stereocenters. The predicted molar refractivity (Wildman–Crippen MR) is 103 cm³/mol. The molecule has 0 bridgehead atoms. The topological polar surface area (TPSA) is 20.3 Å². The highest BCUT2D eigenvalue weighted by Gasteiger charge is 2.41. The molecule has 0 fully saturated rings. The van der Waals surface area contributed by atoms with Crippen molar-refractivity contribution in [2.75, 3.05) is 11.4 Å². The van der Waals surface area contributed by atoms with Gasteiger partial charge in [-0.3, -0.25) is 4.79 Å². The van der Waals surface area contributed by atoms with E-state index in [1.165, 1.54) is 22.4 Å². The molecule has 0 aromatic heterocycles. The minimum Gasteiger partial charge on any atom is -0.359 e. The third-order valence-corrected chi connectivity index (χ3v) is 5.58. The van der Waals surface area contributed by atoms with Crippen molar-refractivity contribution in [2.24, 2.45) is 0 Å². The Morgan fingerprint density at radius 2 is 1.76 bits per heavy atom. The van der Waals surface area contributed by atoms with Crippen LogP contribution in [0.4, 0.5) is 5.69 Å². The van der Waals surface area contributed by atoms with E-state index in [4.69, 9.17) is 0 Å². The molecule has 2 aromatic carbocycles. The summed E-state index contributed by atoms with van der Waals surface area (Å²) in [7, 11) is 0. The number of Topliss-reactive ketones (excluding diaryl/α,β-unsaturated/α-hetero) is 1. The Kier molecular flexibility index (Phi) is 3.79. The summed E-state index contributed by atoms with van der Waals surface area (Å²) in [6, 6.07) is 17.4. The van der Waals surface area contributed by atoms with Crippen LogP contribution in [0, 0.1) is 6.92 Å². The molecule has 0 saturated carbocycles. The zero-order valence-electron chi connectivity index (χ0n) is 15.3. The second-order valence-electron chi connectivity index (χ2n) is 7.96. The number of ketones is 1. The Morgan fingerprint density at radius 1 is 1.04 bits per heavy atom. The van der Waals surface area contributed by atoms with Crippen LogP contribution < -0.4 is 4.90 Å². The number of carbonyl (C=O) groups is 1. The van der Waals surface area contributed by atoms with Gasteiger partial charge in [0.05, 0.1) is 6.04 Å². The molecule has 0 radical (unpaired) electrons. The van der Waals surface area contributed by atoms with E-state index in [2.05, 4.69) is 80.3 Å². The zero-order chi connectivity index (χ0) is 17.6. The Labute approximate surface area is 150 Å². The highest BCUT2D eigenvalue weighted by molar-refractivity contribution is 5.99. The van der Waals surface area contributed by atoms with Gasteiger partial charge in [0.2, 0.25) is 0 Å². The molecule has 2 nitrogen and oxygen atoms in total. The summed E-state index contributed by atoms with van der Waals surface area (Å²) >= 11 is 0. The quantitative estimate of drug-likeness (QED) is 0.761. The van der Waals surface area contributed by atoms with Gasteiger partial charge >= 0.3 is 0 Å². The number of hydrogen-bond acceptors (Lipinski definition) is 2. The first-order valence-electron chi connectivity index (χ1n) is 9.13. The van der Waals surface area contributed by atoms with Gasteiger partial charge in [-0.2, -0.15) is 0 Å². The summed E-state index contributed by atoms with van der Waals surface area (Å²) in [5.41, 5.74) is 6.11. The van der Waals surface area contributed by atoms with Crippen molar-refractivity contribution >= 4 is 11.5 Å². The maximum Gasteiger partial charge on any atom is 0.161 e. The van der Waals surface area contributed by atoms with E-state index >= 15 is 0 Å². The van der Waals surface area contributed by atoms with Crippen molar-refractivity contribution < 1.29 is 4.79 Å². The van der Waals surface area contributed by atoms with Gasteiger partial charge in [0.1, 0.15) is 0 Å². The Hall–Kier alpha value is -2.35. The Bertz CT molecular complexity index is 845. The fraction of sp³-hybridized carbons (Fsp3) is 0.348. The highest BCUT2D eigenvalue weighted by atomic mass is 16.1.